The first kappa shape index (κ1) is 21.0. The van der Waals surface area contributed by atoms with Gasteiger partial charge in [-0.1, -0.05) is 12.1 Å². The number of benzene rings is 1. The lowest BCUT2D eigenvalue weighted by atomic mass is 10.2. The highest BCUT2D eigenvalue weighted by atomic mass is 35.5. The van der Waals surface area contributed by atoms with E-state index in [1.54, 1.807) is 32.0 Å². The highest BCUT2D eigenvalue weighted by Crippen LogP contribution is 2.31. The van der Waals surface area contributed by atoms with Crippen LogP contribution in [0.15, 0.2) is 45.9 Å². The van der Waals surface area contributed by atoms with E-state index in [0.29, 0.717) is 5.56 Å². The van der Waals surface area contributed by atoms with Gasteiger partial charge in [0.2, 0.25) is 10.0 Å². The SMILES string of the molecule is Cc1ccc(C)c(S(=O)(=O)[C@@H](CNS(=O)(=O)CCCCl)c2ccco2)c1. The van der Waals surface area contributed by atoms with Crippen molar-refractivity contribution in [3.63, 3.8) is 0 Å². The van der Waals surface area contributed by atoms with Crippen LogP contribution in [-0.4, -0.2) is 35.0 Å². The van der Waals surface area contributed by atoms with Gasteiger partial charge in [0.05, 0.1) is 16.9 Å². The van der Waals surface area contributed by atoms with Gasteiger partial charge in [-0.2, -0.15) is 0 Å². The number of nitrogens with one attached hydrogen (secondary N) is 1. The minimum Gasteiger partial charge on any atom is -0.468 e. The molecule has 0 unspecified atom stereocenters. The molecular weight excluding hydrogens is 398 g/mol. The number of alkyl halides is 1. The third kappa shape index (κ3) is 5.09. The Kier molecular flexibility index (Phi) is 6.90. The maximum Gasteiger partial charge on any atom is 0.211 e. The summed E-state index contributed by atoms with van der Waals surface area (Å²) in [6, 6.07) is 8.24. The quantitative estimate of drug-likeness (QED) is 0.630. The zero-order chi connectivity index (χ0) is 19.4. The van der Waals surface area contributed by atoms with Crippen LogP contribution in [0.1, 0.15) is 28.6 Å². The van der Waals surface area contributed by atoms with E-state index in [0.717, 1.165) is 5.56 Å². The second-order valence-electron chi connectivity index (χ2n) is 6.03. The second kappa shape index (κ2) is 8.56. The Morgan fingerprint density at radius 1 is 1.15 bits per heavy atom. The fourth-order valence-electron chi connectivity index (χ4n) is 2.52. The van der Waals surface area contributed by atoms with E-state index in [9.17, 15) is 16.8 Å². The van der Waals surface area contributed by atoms with Crippen molar-refractivity contribution < 1.29 is 21.3 Å². The molecule has 1 N–H and O–H groups in total. The molecule has 0 aliphatic heterocycles. The Morgan fingerprint density at radius 3 is 2.50 bits per heavy atom. The molecule has 2 aromatic rings. The first-order valence-electron chi connectivity index (χ1n) is 8.05. The van der Waals surface area contributed by atoms with E-state index >= 15 is 0 Å². The highest BCUT2D eigenvalue weighted by Gasteiger charge is 2.33. The number of sulfonamides is 1. The fraction of sp³-hybridized carbons (Fsp3) is 0.412. The monoisotopic (exact) mass is 419 g/mol. The summed E-state index contributed by atoms with van der Waals surface area (Å²) in [5.41, 5.74) is 1.40. The van der Waals surface area contributed by atoms with Crippen molar-refractivity contribution in [2.24, 2.45) is 0 Å². The van der Waals surface area contributed by atoms with Crippen molar-refractivity contribution in [3.8, 4) is 0 Å². The van der Waals surface area contributed by atoms with Crippen LogP contribution in [0.2, 0.25) is 0 Å². The number of furan rings is 1. The largest absolute Gasteiger partial charge is 0.468 e. The highest BCUT2D eigenvalue weighted by molar-refractivity contribution is 7.92. The molecule has 9 heteroatoms. The summed E-state index contributed by atoms with van der Waals surface area (Å²) in [6.45, 7) is 3.19. The summed E-state index contributed by atoms with van der Waals surface area (Å²) in [7, 11) is -7.50. The average molecular weight is 420 g/mol. The lowest BCUT2D eigenvalue weighted by molar-refractivity contribution is 0.486. The van der Waals surface area contributed by atoms with E-state index in [4.69, 9.17) is 16.0 Å². The van der Waals surface area contributed by atoms with Crippen LogP contribution < -0.4 is 4.72 Å². The van der Waals surface area contributed by atoms with Crippen LogP contribution in [0.5, 0.6) is 0 Å². The van der Waals surface area contributed by atoms with Crippen LogP contribution >= 0.6 is 11.6 Å². The number of sulfone groups is 1. The first-order valence-corrected chi connectivity index (χ1v) is 11.8. The van der Waals surface area contributed by atoms with Gasteiger partial charge < -0.3 is 4.42 Å². The zero-order valence-electron chi connectivity index (χ0n) is 14.6. The van der Waals surface area contributed by atoms with Crippen molar-refractivity contribution in [2.75, 3.05) is 18.2 Å². The Morgan fingerprint density at radius 2 is 1.88 bits per heavy atom. The predicted molar refractivity (Wildman–Crippen MR) is 102 cm³/mol. The van der Waals surface area contributed by atoms with Crippen LogP contribution in [-0.2, 0) is 19.9 Å². The summed E-state index contributed by atoms with van der Waals surface area (Å²) in [6.07, 6.45) is 1.65. The van der Waals surface area contributed by atoms with Gasteiger partial charge in [0.1, 0.15) is 11.0 Å². The number of hydrogen-bond donors (Lipinski definition) is 1. The second-order valence-corrected chi connectivity index (χ2v) is 10.4. The lowest BCUT2D eigenvalue weighted by Gasteiger charge is -2.18. The summed E-state index contributed by atoms with van der Waals surface area (Å²) >= 11 is 5.53. The first-order chi connectivity index (χ1) is 12.2. The molecule has 0 bridgehead atoms. The molecule has 0 saturated heterocycles. The Labute approximate surface area is 159 Å². The van der Waals surface area contributed by atoms with Crippen LogP contribution in [0.25, 0.3) is 0 Å². The van der Waals surface area contributed by atoms with E-state index in [-0.39, 0.29) is 35.3 Å². The molecule has 0 amide bonds. The van der Waals surface area contributed by atoms with Crippen LogP contribution in [0, 0.1) is 13.8 Å². The van der Waals surface area contributed by atoms with E-state index in [2.05, 4.69) is 4.72 Å². The molecular formula is C17H22ClNO5S2. The third-order valence-electron chi connectivity index (χ3n) is 3.92. The molecule has 1 heterocycles. The summed E-state index contributed by atoms with van der Waals surface area (Å²) < 4.78 is 58.2. The number of hydrogen-bond acceptors (Lipinski definition) is 5. The van der Waals surface area contributed by atoms with Crippen molar-refractivity contribution in [3.05, 3.63) is 53.5 Å². The molecule has 1 atom stereocenters. The smallest absolute Gasteiger partial charge is 0.211 e. The fourth-order valence-corrected chi connectivity index (χ4v) is 5.93. The molecule has 0 fully saturated rings. The minimum absolute atomic E-state index is 0.162. The maximum atomic E-state index is 13.2. The molecule has 6 nitrogen and oxygen atoms in total. The molecule has 1 aromatic heterocycles. The van der Waals surface area contributed by atoms with E-state index < -0.39 is 25.1 Å². The number of rotatable bonds is 9. The molecule has 0 aliphatic carbocycles. The van der Waals surface area contributed by atoms with Crippen molar-refractivity contribution in [2.45, 2.75) is 30.4 Å². The van der Waals surface area contributed by atoms with Crippen LogP contribution in [0.4, 0.5) is 0 Å². The van der Waals surface area contributed by atoms with Crippen molar-refractivity contribution in [1.82, 2.24) is 4.72 Å². The normalized spacial score (nSPS) is 13.7. The van der Waals surface area contributed by atoms with Gasteiger partial charge in [-0.25, -0.2) is 21.6 Å². The van der Waals surface area contributed by atoms with E-state index in [1.807, 2.05) is 6.07 Å². The van der Waals surface area contributed by atoms with Gasteiger partial charge in [0.15, 0.2) is 9.84 Å². The van der Waals surface area contributed by atoms with E-state index in [1.165, 1.54) is 12.3 Å². The molecule has 0 spiro atoms. The van der Waals surface area contributed by atoms with Gasteiger partial charge in [0.25, 0.3) is 0 Å². The van der Waals surface area contributed by atoms with Gasteiger partial charge in [-0.3, -0.25) is 0 Å². The van der Waals surface area contributed by atoms with Crippen molar-refractivity contribution in [1.29, 1.82) is 0 Å². The third-order valence-corrected chi connectivity index (χ3v) is 7.82. The van der Waals surface area contributed by atoms with Gasteiger partial charge >= 0.3 is 0 Å². The minimum atomic E-state index is -3.87. The molecule has 0 aliphatic rings. The van der Waals surface area contributed by atoms with Crippen LogP contribution in [0.3, 0.4) is 0 Å². The lowest BCUT2D eigenvalue weighted by Crippen LogP contribution is -2.33. The molecule has 26 heavy (non-hydrogen) atoms. The van der Waals surface area contributed by atoms with Gasteiger partial charge in [0, 0.05) is 12.4 Å². The average Bonchev–Trinajstić information content (AvgIpc) is 3.09. The number of aryl methyl sites for hydroxylation is 2. The molecule has 1 aromatic carbocycles. The topological polar surface area (TPSA) is 93.5 Å². The van der Waals surface area contributed by atoms with Gasteiger partial charge in [-0.15, -0.1) is 11.6 Å². The molecule has 0 saturated carbocycles. The predicted octanol–water partition coefficient (Wildman–Crippen LogP) is 2.96. The summed E-state index contributed by atoms with van der Waals surface area (Å²) in [5, 5.41) is -1.16. The standard InChI is InChI=1S/C17H22ClNO5S2/c1-13-6-7-14(2)16(11-13)26(22,23)17(15-5-3-9-24-15)12-19-25(20,21)10-4-8-18/h3,5-7,9,11,17,19H,4,8,10,12H2,1-2H3/t17-/m0/s1. The Hall–Kier alpha value is -1.35. The molecule has 0 radical (unpaired) electrons. The van der Waals surface area contributed by atoms with Crippen molar-refractivity contribution >= 4 is 31.5 Å². The molecule has 2 rings (SSSR count). The Balaban J connectivity index is 2.38. The summed E-state index contributed by atoms with van der Waals surface area (Å²) in [5.74, 6) is 0.236. The van der Waals surface area contributed by atoms with Gasteiger partial charge in [-0.05, 0) is 49.6 Å². The number of halogens is 1. The maximum absolute atomic E-state index is 13.2. The zero-order valence-corrected chi connectivity index (χ0v) is 17.0. The molecule has 144 valence electrons. The summed E-state index contributed by atoms with van der Waals surface area (Å²) in [4.78, 5) is 0.166. The Bertz CT molecular complexity index is 938.